The molecule has 0 radical (unpaired) electrons. The van der Waals surface area contributed by atoms with Crippen LogP contribution < -0.4 is 5.73 Å². The van der Waals surface area contributed by atoms with Crippen LogP contribution in [0.1, 0.15) is 57.2 Å². The molecule has 4 nitrogen and oxygen atoms in total. The number of nitrogens with zero attached hydrogens (tertiary/aromatic N) is 3. The maximum absolute atomic E-state index is 6.11. The minimum atomic E-state index is 0.106. The van der Waals surface area contributed by atoms with E-state index in [1.54, 1.807) is 11.3 Å². The summed E-state index contributed by atoms with van der Waals surface area (Å²) in [6, 6.07) is 0. The van der Waals surface area contributed by atoms with Gasteiger partial charge in [0.2, 0.25) is 0 Å². The Balaban J connectivity index is 1.95. The molecule has 5 heteroatoms. The van der Waals surface area contributed by atoms with Crippen LogP contribution in [-0.4, -0.2) is 28.9 Å². The van der Waals surface area contributed by atoms with E-state index >= 15 is 0 Å². The molecule has 1 aromatic rings. The molecule has 2 rings (SSSR count). The van der Waals surface area contributed by atoms with E-state index in [1.165, 1.54) is 25.7 Å². The second-order valence-electron chi connectivity index (χ2n) is 6.45. The van der Waals surface area contributed by atoms with Gasteiger partial charge in [0.1, 0.15) is 5.01 Å². The molecule has 0 spiro atoms. The maximum atomic E-state index is 6.11. The minimum absolute atomic E-state index is 0.106. The molecule has 112 valence electrons. The van der Waals surface area contributed by atoms with Crippen molar-refractivity contribution in [1.82, 2.24) is 9.88 Å². The van der Waals surface area contributed by atoms with Crippen molar-refractivity contribution in [2.75, 3.05) is 13.1 Å². The van der Waals surface area contributed by atoms with Gasteiger partial charge >= 0.3 is 0 Å². The van der Waals surface area contributed by atoms with E-state index in [1.807, 2.05) is 0 Å². The number of likely N-dealkylation sites (tertiary alicyclic amines) is 1. The monoisotopic (exact) mass is 294 g/mol. The first-order valence-electron chi connectivity index (χ1n) is 7.46. The Hall–Kier alpha value is -1.10. The smallest absolute Gasteiger partial charge is 0.191 e. The fraction of sp³-hybridized carbons (Fsp3) is 0.733. The van der Waals surface area contributed by atoms with Crippen LogP contribution in [0.15, 0.2) is 10.4 Å². The highest BCUT2D eigenvalue weighted by atomic mass is 32.1. The standard InChI is InChI=1S/C15H26N4S/c1-15(2,3)12-11-20-13(18-12)10-17-14(16)19-8-6-4-5-7-9-19/h11H,4-10H2,1-3H3,(H2,16,17). The number of rotatable bonds is 2. The van der Waals surface area contributed by atoms with Gasteiger partial charge in [0.25, 0.3) is 0 Å². The van der Waals surface area contributed by atoms with Gasteiger partial charge < -0.3 is 10.6 Å². The van der Waals surface area contributed by atoms with E-state index in [2.05, 4.69) is 41.0 Å². The third kappa shape index (κ3) is 4.20. The molecular formula is C15H26N4S. The average Bonchev–Trinajstić information content (AvgIpc) is 2.70. The molecule has 0 atom stereocenters. The van der Waals surface area contributed by atoms with E-state index in [9.17, 15) is 0 Å². The molecule has 0 aliphatic carbocycles. The van der Waals surface area contributed by atoms with Crippen LogP contribution in [0.3, 0.4) is 0 Å². The van der Waals surface area contributed by atoms with Crippen LogP contribution in [0.25, 0.3) is 0 Å². The van der Waals surface area contributed by atoms with Crippen LogP contribution in [0.2, 0.25) is 0 Å². The molecule has 1 aromatic heterocycles. The Morgan fingerprint density at radius 1 is 1.30 bits per heavy atom. The molecule has 1 saturated heterocycles. The zero-order chi connectivity index (χ0) is 14.6. The summed E-state index contributed by atoms with van der Waals surface area (Å²) >= 11 is 1.68. The van der Waals surface area contributed by atoms with Crippen LogP contribution in [0.5, 0.6) is 0 Å². The number of aliphatic imine (C=N–C) groups is 1. The maximum Gasteiger partial charge on any atom is 0.191 e. The van der Waals surface area contributed by atoms with Gasteiger partial charge in [0, 0.05) is 23.9 Å². The summed E-state index contributed by atoms with van der Waals surface area (Å²) in [5, 5.41) is 3.18. The van der Waals surface area contributed by atoms with Crippen molar-refractivity contribution in [3.8, 4) is 0 Å². The molecule has 2 heterocycles. The number of nitrogens with two attached hydrogens (primary N) is 1. The number of guanidine groups is 1. The van der Waals surface area contributed by atoms with Gasteiger partial charge in [0.15, 0.2) is 5.96 Å². The molecule has 0 aromatic carbocycles. The van der Waals surface area contributed by atoms with Crippen LogP contribution >= 0.6 is 11.3 Å². The summed E-state index contributed by atoms with van der Waals surface area (Å²) in [6.45, 7) is 9.23. The Kier molecular flexibility index (Phi) is 5.02. The van der Waals surface area contributed by atoms with Crippen molar-refractivity contribution in [3.63, 3.8) is 0 Å². The molecule has 1 fully saturated rings. The van der Waals surface area contributed by atoms with Crippen molar-refractivity contribution in [2.24, 2.45) is 10.7 Å². The van der Waals surface area contributed by atoms with E-state index in [4.69, 9.17) is 5.73 Å². The number of thiazole rings is 1. The second-order valence-corrected chi connectivity index (χ2v) is 7.39. The molecule has 2 N–H and O–H groups in total. The first-order chi connectivity index (χ1) is 9.47. The lowest BCUT2D eigenvalue weighted by atomic mass is 9.93. The van der Waals surface area contributed by atoms with Gasteiger partial charge in [0.05, 0.1) is 12.2 Å². The summed E-state index contributed by atoms with van der Waals surface area (Å²) in [5.74, 6) is 0.680. The SMILES string of the molecule is CC(C)(C)c1csc(CN=C(N)N2CCCCCC2)n1. The van der Waals surface area contributed by atoms with Gasteiger partial charge in [-0.3, -0.25) is 0 Å². The van der Waals surface area contributed by atoms with E-state index in [0.29, 0.717) is 12.5 Å². The van der Waals surface area contributed by atoms with Crippen LogP contribution in [0.4, 0.5) is 0 Å². The van der Waals surface area contributed by atoms with E-state index < -0.39 is 0 Å². The Labute approximate surface area is 126 Å². The zero-order valence-electron chi connectivity index (χ0n) is 12.9. The Morgan fingerprint density at radius 2 is 1.95 bits per heavy atom. The third-order valence-electron chi connectivity index (χ3n) is 3.63. The van der Waals surface area contributed by atoms with Gasteiger partial charge in [-0.2, -0.15) is 0 Å². The molecule has 1 aliphatic rings. The summed E-state index contributed by atoms with van der Waals surface area (Å²) in [5.41, 5.74) is 7.36. The highest BCUT2D eigenvalue weighted by molar-refractivity contribution is 7.09. The normalized spacial score (nSPS) is 18.1. The lowest BCUT2D eigenvalue weighted by Gasteiger charge is -2.20. The third-order valence-corrected chi connectivity index (χ3v) is 4.46. The number of hydrogen-bond donors (Lipinski definition) is 1. The predicted octanol–water partition coefficient (Wildman–Crippen LogP) is 3.13. The van der Waals surface area contributed by atoms with Crippen LogP contribution in [0, 0.1) is 0 Å². The highest BCUT2D eigenvalue weighted by Crippen LogP contribution is 2.24. The number of hydrogen-bond acceptors (Lipinski definition) is 3. The Morgan fingerprint density at radius 3 is 2.50 bits per heavy atom. The van der Waals surface area contributed by atoms with Crippen LogP contribution in [-0.2, 0) is 12.0 Å². The zero-order valence-corrected chi connectivity index (χ0v) is 13.7. The fourth-order valence-corrected chi connectivity index (χ4v) is 3.22. The van der Waals surface area contributed by atoms with Crippen molar-refractivity contribution in [3.05, 3.63) is 16.1 Å². The molecule has 0 saturated carbocycles. The van der Waals surface area contributed by atoms with Gasteiger partial charge in [-0.15, -0.1) is 11.3 Å². The summed E-state index contributed by atoms with van der Waals surface area (Å²) in [4.78, 5) is 11.4. The van der Waals surface area contributed by atoms with Gasteiger partial charge in [-0.25, -0.2) is 9.98 Å². The molecule has 0 unspecified atom stereocenters. The average molecular weight is 294 g/mol. The molecule has 20 heavy (non-hydrogen) atoms. The quantitative estimate of drug-likeness (QED) is 0.673. The predicted molar refractivity (Wildman–Crippen MR) is 86.2 cm³/mol. The summed E-state index contributed by atoms with van der Waals surface area (Å²) < 4.78 is 0. The largest absolute Gasteiger partial charge is 0.370 e. The van der Waals surface area contributed by atoms with E-state index in [0.717, 1.165) is 23.8 Å². The topological polar surface area (TPSA) is 54.5 Å². The van der Waals surface area contributed by atoms with Gasteiger partial charge in [-0.1, -0.05) is 33.6 Å². The second kappa shape index (κ2) is 6.57. The van der Waals surface area contributed by atoms with Crippen molar-refractivity contribution >= 4 is 17.3 Å². The lowest BCUT2D eigenvalue weighted by Crippen LogP contribution is -2.38. The minimum Gasteiger partial charge on any atom is -0.370 e. The first kappa shape index (κ1) is 15.3. The Bertz CT molecular complexity index is 451. The summed E-state index contributed by atoms with van der Waals surface area (Å²) in [7, 11) is 0. The molecule has 0 bridgehead atoms. The fourth-order valence-electron chi connectivity index (χ4n) is 2.28. The van der Waals surface area contributed by atoms with Gasteiger partial charge in [-0.05, 0) is 12.8 Å². The van der Waals surface area contributed by atoms with Crippen molar-refractivity contribution in [2.45, 2.75) is 58.4 Å². The molecular weight excluding hydrogens is 268 g/mol. The van der Waals surface area contributed by atoms with E-state index in [-0.39, 0.29) is 5.41 Å². The number of aromatic nitrogens is 1. The molecule has 0 amide bonds. The molecule has 1 aliphatic heterocycles. The summed E-state index contributed by atoms with van der Waals surface area (Å²) in [6.07, 6.45) is 5.07. The highest BCUT2D eigenvalue weighted by Gasteiger charge is 2.17. The first-order valence-corrected chi connectivity index (χ1v) is 8.34. The lowest BCUT2D eigenvalue weighted by molar-refractivity contribution is 0.428. The van der Waals surface area contributed by atoms with Crippen molar-refractivity contribution in [1.29, 1.82) is 0 Å². The van der Waals surface area contributed by atoms with Crippen molar-refractivity contribution < 1.29 is 0 Å².